The summed E-state index contributed by atoms with van der Waals surface area (Å²) < 4.78 is 0. The number of nitrogens with two attached hydrogens (primary N) is 1. The molecule has 0 saturated carbocycles. The molecule has 1 aliphatic heterocycles. The minimum absolute atomic E-state index is 0.0440. The van der Waals surface area contributed by atoms with Crippen LogP contribution in [0.4, 0.5) is 0 Å². The molecule has 5 heteroatoms. The Kier molecular flexibility index (Phi) is 4.47. The molecule has 0 aliphatic carbocycles. The molecule has 2 heterocycles. The van der Waals surface area contributed by atoms with Crippen molar-refractivity contribution >= 4 is 5.91 Å². The first-order valence-electron chi connectivity index (χ1n) is 6.95. The number of carbonyl (C=O) groups excluding carboxylic acids is 1. The van der Waals surface area contributed by atoms with Gasteiger partial charge in [-0.25, -0.2) is 4.98 Å². The molecule has 0 bridgehead atoms. The summed E-state index contributed by atoms with van der Waals surface area (Å²) in [4.78, 5) is 22.6. The normalized spacial score (nSPS) is 23.4. The summed E-state index contributed by atoms with van der Waals surface area (Å²) in [6.45, 7) is 5.34. The molecule has 5 nitrogen and oxygen atoms in total. The Bertz CT molecular complexity index is 432. The second-order valence-corrected chi connectivity index (χ2v) is 5.23. The fraction of sp³-hybridized carbons (Fsp3) is 0.643. The monoisotopic (exact) mass is 262 g/mol. The Morgan fingerprint density at radius 2 is 2.26 bits per heavy atom. The Hall–Kier alpha value is -1.49. The maximum absolute atomic E-state index is 12.4. The van der Waals surface area contributed by atoms with E-state index in [1.54, 1.807) is 12.4 Å². The second kappa shape index (κ2) is 6.10. The largest absolute Gasteiger partial charge is 0.333 e. The quantitative estimate of drug-likeness (QED) is 0.893. The molecule has 1 fully saturated rings. The van der Waals surface area contributed by atoms with Crippen molar-refractivity contribution < 1.29 is 4.79 Å². The van der Waals surface area contributed by atoms with E-state index in [0.29, 0.717) is 18.2 Å². The Labute approximate surface area is 114 Å². The topological polar surface area (TPSA) is 72.1 Å². The lowest BCUT2D eigenvalue weighted by Crippen LogP contribution is -2.49. The number of aromatic nitrogens is 2. The zero-order valence-corrected chi connectivity index (χ0v) is 11.7. The first-order chi connectivity index (χ1) is 9.15. The van der Waals surface area contributed by atoms with Crippen molar-refractivity contribution in [1.82, 2.24) is 14.9 Å². The Balaban J connectivity index is 2.11. The van der Waals surface area contributed by atoms with E-state index >= 15 is 0 Å². The first kappa shape index (κ1) is 13.9. The molecule has 0 radical (unpaired) electrons. The number of aryl methyl sites for hydroxylation is 1. The van der Waals surface area contributed by atoms with Gasteiger partial charge in [0.25, 0.3) is 5.91 Å². The average Bonchev–Trinajstić information content (AvgIpc) is 2.46. The molecule has 0 aromatic carbocycles. The molecule has 19 heavy (non-hydrogen) atoms. The van der Waals surface area contributed by atoms with Crippen LogP contribution in [0, 0.1) is 12.8 Å². The van der Waals surface area contributed by atoms with Gasteiger partial charge in [0.1, 0.15) is 5.69 Å². The van der Waals surface area contributed by atoms with Crippen molar-refractivity contribution in [3.8, 4) is 0 Å². The van der Waals surface area contributed by atoms with Crippen molar-refractivity contribution in [2.75, 3.05) is 13.1 Å². The van der Waals surface area contributed by atoms with Gasteiger partial charge in [0.2, 0.25) is 0 Å². The summed E-state index contributed by atoms with van der Waals surface area (Å²) in [6, 6.07) is 0.134. The molecule has 104 valence electrons. The Morgan fingerprint density at radius 1 is 1.47 bits per heavy atom. The van der Waals surface area contributed by atoms with Crippen LogP contribution in [0.5, 0.6) is 0 Å². The van der Waals surface area contributed by atoms with E-state index in [2.05, 4.69) is 16.9 Å². The van der Waals surface area contributed by atoms with Crippen LogP contribution in [0.1, 0.15) is 42.4 Å². The van der Waals surface area contributed by atoms with Crippen molar-refractivity contribution in [3.05, 3.63) is 23.8 Å². The van der Waals surface area contributed by atoms with Crippen LogP contribution in [-0.2, 0) is 0 Å². The summed E-state index contributed by atoms with van der Waals surface area (Å²) in [5.41, 5.74) is 7.05. The van der Waals surface area contributed by atoms with E-state index in [1.807, 2.05) is 11.8 Å². The number of carbonyl (C=O) groups is 1. The molecule has 2 atom stereocenters. The number of hydrogen-bond donors (Lipinski definition) is 1. The number of nitrogens with zero attached hydrogens (tertiary/aromatic N) is 3. The molecule has 1 amide bonds. The van der Waals surface area contributed by atoms with E-state index in [9.17, 15) is 4.79 Å². The highest BCUT2D eigenvalue weighted by Crippen LogP contribution is 2.25. The lowest BCUT2D eigenvalue weighted by Gasteiger charge is -2.38. The summed E-state index contributed by atoms with van der Waals surface area (Å²) in [5.74, 6) is 0.638. The van der Waals surface area contributed by atoms with Gasteiger partial charge in [0.15, 0.2) is 0 Å². The highest BCUT2D eigenvalue weighted by Gasteiger charge is 2.31. The van der Waals surface area contributed by atoms with E-state index in [0.717, 1.165) is 31.5 Å². The van der Waals surface area contributed by atoms with E-state index in [-0.39, 0.29) is 11.9 Å². The molecule has 1 aliphatic rings. The lowest BCUT2D eigenvalue weighted by atomic mass is 9.88. The molecular weight excluding hydrogens is 240 g/mol. The van der Waals surface area contributed by atoms with Crippen molar-refractivity contribution in [3.63, 3.8) is 0 Å². The van der Waals surface area contributed by atoms with Gasteiger partial charge >= 0.3 is 0 Å². The van der Waals surface area contributed by atoms with Crippen LogP contribution in [0.2, 0.25) is 0 Å². The molecule has 2 unspecified atom stereocenters. The molecule has 1 saturated heterocycles. The average molecular weight is 262 g/mol. The zero-order valence-electron chi connectivity index (χ0n) is 11.7. The number of amides is 1. The van der Waals surface area contributed by atoms with Crippen LogP contribution in [-0.4, -0.2) is 39.9 Å². The number of rotatable bonds is 3. The number of hydrogen-bond acceptors (Lipinski definition) is 4. The fourth-order valence-electron chi connectivity index (χ4n) is 2.65. The smallest absolute Gasteiger partial charge is 0.274 e. The minimum atomic E-state index is -0.0440. The predicted octanol–water partition coefficient (Wildman–Crippen LogP) is 1.37. The van der Waals surface area contributed by atoms with Gasteiger partial charge in [-0.2, -0.15) is 0 Å². The summed E-state index contributed by atoms with van der Waals surface area (Å²) in [6.07, 6.45) is 6.39. The first-order valence-corrected chi connectivity index (χ1v) is 6.95. The molecule has 1 aromatic rings. The van der Waals surface area contributed by atoms with E-state index in [4.69, 9.17) is 5.73 Å². The number of piperidine rings is 1. The van der Waals surface area contributed by atoms with Gasteiger partial charge in [-0.1, -0.05) is 13.3 Å². The zero-order chi connectivity index (χ0) is 13.8. The minimum Gasteiger partial charge on any atom is -0.333 e. The van der Waals surface area contributed by atoms with Gasteiger partial charge < -0.3 is 10.6 Å². The van der Waals surface area contributed by atoms with Crippen molar-refractivity contribution in [2.24, 2.45) is 11.7 Å². The highest BCUT2D eigenvalue weighted by atomic mass is 16.2. The van der Waals surface area contributed by atoms with Gasteiger partial charge in [-0.05, 0) is 25.7 Å². The second-order valence-electron chi connectivity index (χ2n) is 5.23. The van der Waals surface area contributed by atoms with Gasteiger partial charge in [0, 0.05) is 25.3 Å². The number of likely N-dealkylation sites (tertiary alicyclic amines) is 1. The highest BCUT2D eigenvalue weighted by molar-refractivity contribution is 5.92. The van der Waals surface area contributed by atoms with Gasteiger partial charge in [0.05, 0.1) is 11.9 Å². The molecular formula is C14H22N4O. The van der Waals surface area contributed by atoms with Gasteiger partial charge in [-0.15, -0.1) is 0 Å². The van der Waals surface area contributed by atoms with Gasteiger partial charge in [-0.3, -0.25) is 9.78 Å². The lowest BCUT2D eigenvalue weighted by molar-refractivity contribution is 0.0552. The Morgan fingerprint density at radius 3 is 2.84 bits per heavy atom. The molecule has 1 aromatic heterocycles. The third-order valence-electron chi connectivity index (χ3n) is 3.93. The maximum Gasteiger partial charge on any atom is 0.274 e. The molecule has 0 spiro atoms. The standard InChI is InChI=1S/C14H22N4O/c1-3-11-4-5-18(12(6-11)7-15)14(19)13-9-16-10(2)8-17-13/h8-9,11-12H,3-7,15H2,1-2H3. The van der Waals surface area contributed by atoms with Crippen LogP contribution >= 0.6 is 0 Å². The summed E-state index contributed by atoms with van der Waals surface area (Å²) >= 11 is 0. The SMILES string of the molecule is CCC1CCN(C(=O)c2cnc(C)cn2)C(CN)C1. The van der Waals surface area contributed by atoms with Crippen molar-refractivity contribution in [1.29, 1.82) is 0 Å². The third kappa shape index (κ3) is 3.10. The molecule has 2 N–H and O–H groups in total. The molecule has 2 rings (SSSR count). The van der Waals surface area contributed by atoms with Crippen LogP contribution in [0.3, 0.4) is 0 Å². The van der Waals surface area contributed by atoms with Crippen LogP contribution in [0.15, 0.2) is 12.4 Å². The van der Waals surface area contributed by atoms with Crippen molar-refractivity contribution in [2.45, 2.75) is 39.2 Å². The van der Waals surface area contributed by atoms with Crippen LogP contribution in [0.25, 0.3) is 0 Å². The summed E-state index contributed by atoms with van der Waals surface area (Å²) in [7, 11) is 0. The third-order valence-corrected chi connectivity index (χ3v) is 3.93. The van der Waals surface area contributed by atoms with E-state index < -0.39 is 0 Å². The van der Waals surface area contributed by atoms with E-state index in [1.165, 1.54) is 0 Å². The summed E-state index contributed by atoms with van der Waals surface area (Å²) in [5, 5.41) is 0. The fourth-order valence-corrected chi connectivity index (χ4v) is 2.65. The van der Waals surface area contributed by atoms with Crippen LogP contribution < -0.4 is 5.73 Å². The maximum atomic E-state index is 12.4. The predicted molar refractivity (Wildman–Crippen MR) is 73.7 cm³/mol.